The molecule has 0 atom stereocenters. The van der Waals surface area contributed by atoms with E-state index in [1.54, 1.807) is 0 Å². The first-order chi connectivity index (χ1) is 10.2. The Kier molecular flexibility index (Phi) is 4.29. The van der Waals surface area contributed by atoms with Crippen LogP contribution in [0.4, 0.5) is 5.82 Å². The van der Waals surface area contributed by atoms with Crippen molar-refractivity contribution in [3.8, 4) is 0 Å². The van der Waals surface area contributed by atoms with Crippen molar-refractivity contribution in [3.63, 3.8) is 0 Å². The lowest BCUT2D eigenvalue weighted by molar-refractivity contribution is -0.125. The van der Waals surface area contributed by atoms with E-state index in [9.17, 15) is 4.79 Å². The van der Waals surface area contributed by atoms with Gasteiger partial charge in [-0.25, -0.2) is 9.97 Å². The number of piperidine rings is 1. The molecule has 1 aromatic rings. The van der Waals surface area contributed by atoms with Gasteiger partial charge in [0.15, 0.2) is 0 Å². The Labute approximate surface area is 130 Å². The van der Waals surface area contributed by atoms with Gasteiger partial charge in [0, 0.05) is 37.5 Å². The molecule has 3 rings (SSSR count). The fraction of sp³-hybridized carbons (Fsp3) is 0.667. The number of anilines is 1. The summed E-state index contributed by atoms with van der Waals surface area (Å²) < 4.78 is 0. The number of carbonyl (C=O) groups is 1. The molecule has 1 saturated heterocycles. The predicted molar refractivity (Wildman–Crippen MR) is 82.6 cm³/mol. The maximum atomic E-state index is 11.9. The molecule has 1 saturated carbocycles. The minimum atomic E-state index is 0.126. The van der Waals surface area contributed by atoms with Gasteiger partial charge in [0.1, 0.15) is 16.8 Å². The lowest BCUT2D eigenvalue weighted by Crippen LogP contribution is -2.40. The zero-order valence-corrected chi connectivity index (χ0v) is 13.1. The first-order valence-electron chi connectivity index (χ1n) is 7.74. The number of amides is 1. The first-order valence-corrected chi connectivity index (χ1v) is 8.12. The largest absolute Gasteiger partial charge is 0.356 e. The van der Waals surface area contributed by atoms with Gasteiger partial charge in [-0.3, -0.25) is 4.79 Å². The van der Waals surface area contributed by atoms with Gasteiger partial charge in [0.25, 0.3) is 0 Å². The van der Waals surface area contributed by atoms with Crippen LogP contribution in [-0.4, -0.2) is 35.5 Å². The van der Waals surface area contributed by atoms with E-state index >= 15 is 0 Å². The normalized spacial score (nSPS) is 19.6. The minimum absolute atomic E-state index is 0.126. The average Bonchev–Trinajstić information content (AvgIpc) is 3.32. The fourth-order valence-electron chi connectivity index (χ4n) is 2.80. The lowest BCUT2D eigenvalue weighted by Gasteiger charge is -2.32. The van der Waals surface area contributed by atoms with Crippen molar-refractivity contribution in [2.24, 2.45) is 5.92 Å². The Morgan fingerprint density at radius 2 is 2.05 bits per heavy atom. The number of hydrogen-bond acceptors (Lipinski definition) is 4. The van der Waals surface area contributed by atoms with Gasteiger partial charge >= 0.3 is 0 Å². The summed E-state index contributed by atoms with van der Waals surface area (Å²) in [4.78, 5) is 23.1. The van der Waals surface area contributed by atoms with E-state index in [-0.39, 0.29) is 11.8 Å². The van der Waals surface area contributed by atoms with E-state index in [1.165, 1.54) is 12.8 Å². The molecule has 1 aromatic heterocycles. The highest BCUT2D eigenvalue weighted by molar-refractivity contribution is 6.29. The monoisotopic (exact) mass is 308 g/mol. The van der Waals surface area contributed by atoms with Crippen molar-refractivity contribution >= 4 is 23.3 Å². The van der Waals surface area contributed by atoms with Gasteiger partial charge < -0.3 is 10.2 Å². The van der Waals surface area contributed by atoms with Crippen LogP contribution in [0.3, 0.4) is 0 Å². The molecule has 0 aromatic carbocycles. The third-order valence-corrected chi connectivity index (χ3v) is 4.38. The van der Waals surface area contributed by atoms with Crippen molar-refractivity contribution in [2.45, 2.75) is 38.5 Å². The Morgan fingerprint density at radius 3 is 2.67 bits per heavy atom. The van der Waals surface area contributed by atoms with E-state index in [1.807, 2.05) is 13.0 Å². The molecule has 0 spiro atoms. The van der Waals surface area contributed by atoms with E-state index in [4.69, 9.17) is 11.6 Å². The summed E-state index contributed by atoms with van der Waals surface area (Å²) in [6.45, 7) is 4.35. The second kappa shape index (κ2) is 6.18. The van der Waals surface area contributed by atoms with Crippen LogP contribution in [-0.2, 0) is 4.79 Å². The number of carbonyl (C=O) groups excluding carboxylic acids is 1. The van der Waals surface area contributed by atoms with Gasteiger partial charge in [0.2, 0.25) is 5.91 Å². The maximum Gasteiger partial charge on any atom is 0.223 e. The molecule has 1 aliphatic heterocycles. The maximum absolute atomic E-state index is 11.9. The smallest absolute Gasteiger partial charge is 0.223 e. The summed E-state index contributed by atoms with van der Waals surface area (Å²) in [5.41, 5.74) is 0. The number of nitrogens with zero attached hydrogens (tertiary/aromatic N) is 3. The molecule has 21 heavy (non-hydrogen) atoms. The molecule has 1 aliphatic carbocycles. The molecular formula is C15H21ClN4O. The molecule has 5 nitrogen and oxygen atoms in total. The van der Waals surface area contributed by atoms with E-state index in [2.05, 4.69) is 20.2 Å². The van der Waals surface area contributed by atoms with Crippen molar-refractivity contribution in [3.05, 3.63) is 17.0 Å². The van der Waals surface area contributed by atoms with Crippen molar-refractivity contribution in [1.29, 1.82) is 0 Å². The average molecular weight is 309 g/mol. The van der Waals surface area contributed by atoms with Crippen LogP contribution in [0.15, 0.2) is 6.07 Å². The molecule has 114 valence electrons. The third kappa shape index (κ3) is 3.46. The van der Waals surface area contributed by atoms with Gasteiger partial charge in [-0.05, 0) is 32.6 Å². The van der Waals surface area contributed by atoms with Gasteiger partial charge in [-0.2, -0.15) is 0 Å². The molecule has 1 N–H and O–H groups in total. The van der Waals surface area contributed by atoms with Crippen molar-refractivity contribution < 1.29 is 4.79 Å². The zero-order valence-electron chi connectivity index (χ0n) is 12.3. The summed E-state index contributed by atoms with van der Waals surface area (Å²) in [5, 5.41) is 3.43. The minimum Gasteiger partial charge on any atom is -0.356 e. The topological polar surface area (TPSA) is 58.1 Å². The van der Waals surface area contributed by atoms with Crippen LogP contribution in [0.1, 0.15) is 44.3 Å². The standard InChI is InChI=1S/C15H21ClN4O/c1-2-17-15(21)11-5-7-20(8-6-11)13-9-12(16)18-14(19-13)10-3-4-10/h9-11H,2-8H2,1H3,(H,17,21). The predicted octanol–water partition coefficient (Wildman–Crippen LogP) is 2.36. The SMILES string of the molecule is CCNC(=O)C1CCN(c2cc(Cl)nc(C3CC3)n2)CC1. The summed E-state index contributed by atoms with van der Waals surface area (Å²) in [6.07, 6.45) is 4.07. The van der Waals surface area contributed by atoms with Crippen LogP contribution in [0.2, 0.25) is 5.15 Å². The summed E-state index contributed by atoms with van der Waals surface area (Å²) in [5.74, 6) is 2.59. The second-order valence-electron chi connectivity index (χ2n) is 5.84. The van der Waals surface area contributed by atoms with E-state index < -0.39 is 0 Å². The molecule has 0 unspecified atom stereocenters. The molecule has 1 amide bonds. The fourth-order valence-corrected chi connectivity index (χ4v) is 2.98. The highest BCUT2D eigenvalue weighted by Crippen LogP contribution is 2.39. The molecule has 2 heterocycles. The van der Waals surface area contributed by atoms with Crippen molar-refractivity contribution in [1.82, 2.24) is 15.3 Å². The quantitative estimate of drug-likeness (QED) is 0.868. The second-order valence-corrected chi connectivity index (χ2v) is 6.22. The van der Waals surface area contributed by atoms with E-state index in [0.29, 0.717) is 17.6 Å². The van der Waals surface area contributed by atoms with Crippen LogP contribution < -0.4 is 10.2 Å². The summed E-state index contributed by atoms with van der Waals surface area (Å²) in [6, 6.07) is 1.83. The van der Waals surface area contributed by atoms with Gasteiger partial charge in [-0.1, -0.05) is 11.6 Å². The Balaban J connectivity index is 1.65. The summed E-state index contributed by atoms with van der Waals surface area (Å²) in [7, 11) is 0. The zero-order chi connectivity index (χ0) is 14.8. The lowest BCUT2D eigenvalue weighted by atomic mass is 9.96. The Bertz CT molecular complexity index is 524. The number of halogens is 1. The number of rotatable bonds is 4. The van der Waals surface area contributed by atoms with Gasteiger partial charge in [0.05, 0.1) is 0 Å². The van der Waals surface area contributed by atoms with E-state index in [0.717, 1.165) is 37.6 Å². The summed E-state index contributed by atoms with van der Waals surface area (Å²) >= 11 is 6.12. The third-order valence-electron chi connectivity index (χ3n) is 4.18. The molecule has 2 fully saturated rings. The molecular weight excluding hydrogens is 288 g/mol. The highest BCUT2D eigenvalue weighted by atomic mass is 35.5. The Hall–Kier alpha value is -1.36. The van der Waals surface area contributed by atoms with Crippen LogP contribution in [0.25, 0.3) is 0 Å². The molecule has 2 aliphatic rings. The molecule has 0 radical (unpaired) electrons. The molecule has 6 heteroatoms. The highest BCUT2D eigenvalue weighted by Gasteiger charge is 2.29. The van der Waals surface area contributed by atoms with Crippen LogP contribution >= 0.6 is 11.6 Å². The number of nitrogens with one attached hydrogen (secondary N) is 1. The van der Waals surface area contributed by atoms with Crippen LogP contribution in [0.5, 0.6) is 0 Å². The number of aromatic nitrogens is 2. The van der Waals surface area contributed by atoms with Gasteiger partial charge in [-0.15, -0.1) is 0 Å². The Morgan fingerprint density at radius 1 is 1.33 bits per heavy atom. The van der Waals surface area contributed by atoms with Crippen LogP contribution in [0, 0.1) is 5.92 Å². The molecule has 0 bridgehead atoms. The first kappa shape index (κ1) is 14.6. The van der Waals surface area contributed by atoms with Crippen molar-refractivity contribution in [2.75, 3.05) is 24.5 Å². The number of hydrogen-bond donors (Lipinski definition) is 1.